The zero-order chi connectivity index (χ0) is 19.0. The van der Waals surface area contributed by atoms with Crippen LogP contribution in [0, 0.1) is 0 Å². The highest BCUT2D eigenvalue weighted by molar-refractivity contribution is 9.10. The molecule has 0 fully saturated rings. The lowest BCUT2D eigenvalue weighted by Gasteiger charge is -2.12. The van der Waals surface area contributed by atoms with E-state index in [2.05, 4.69) is 27.5 Å². The summed E-state index contributed by atoms with van der Waals surface area (Å²) in [6.45, 7) is 4.03. The molecule has 2 aromatic carbocycles. The summed E-state index contributed by atoms with van der Waals surface area (Å²) in [5.41, 5.74) is 2.39. The normalized spacial score (nSPS) is 12.0. The van der Waals surface area contributed by atoms with Crippen LogP contribution < -0.4 is 19.6 Å². The van der Waals surface area contributed by atoms with Crippen LogP contribution in [0.2, 0.25) is 0 Å². The zero-order valence-corrected chi connectivity index (χ0v) is 16.8. The number of hydrogen-bond acceptors (Lipinski definition) is 5. The SMILES string of the molecule is C=CCOc1c(Br)cc(/C=c2\sc3nc4ccccc4n3c2=O)cc1OC. The average molecular weight is 443 g/mol. The molecule has 5 nitrogen and oxygen atoms in total. The Hall–Kier alpha value is -2.64. The third-order valence-electron chi connectivity index (χ3n) is 4.04. The predicted octanol–water partition coefficient (Wildman–Crippen LogP) is 3.79. The summed E-state index contributed by atoms with van der Waals surface area (Å²) in [5.74, 6) is 1.18. The van der Waals surface area contributed by atoms with Crippen molar-refractivity contribution in [2.24, 2.45) is 0 Å². The van der Waals surface area contributed by atoms with Gasteiger partial charge in [0.05, 0.1) is 27.1 Å². The van der Waals surface area contributed by atoms with Crippen molar-refractivity contribution in [3.63, 3.8) is 0 Å². The number of nitrogens with zero attached hydrogens (tertiary/aromatic N) is 2. The van der Waals surface area contributed by atoms with Crippen LogP contribution in [0.4, 0.5) is 0 Å². The van der Waals surface area contributed by atoms with Crippen molar-refractivity contribution in [1.82, 2.24) is 9.38 Å². The van der Waals surface area contributed by atoms with Gasteiger partial charge >= 0.3 is 0 Å². The fourth-order valence-corrected chi connectivity index (χ4v) is 4.43. The number of imidazole rings is 1. The van der Waals surface area contributed by atoms with Gasteiger partial charge in [-0.3, -0.25) is 4.79 Å². The molecule has 7 heteroatoms. The number of methoxy groups -OCH3 is 1. The molecular weight excluding hydrogens is 428 g/mol. The number of aromatic nitrogens is 2. The Bertz CT molecular complexity index is 1280. The second-order valence-electron chi connectivity index (χ2n) is 5.77. The number of benzene rings is 2. The van der Waals surface area contributed by atoms with Crippen molar-refractivity contribution in [2.75, 3.05) is 13.7 Å². The van der Waals surface area contributed by atoms with Crippen molar-refractivity contribution in [3.05, 3.63) is 74.0 Å². The van der Waals surface area contributed by atoms with E-state index in [4.69, 9.17) is 9.47 Å². The molecule has 2 aromatic heterocycles. The first kappa shape index (κ1) is 17.8. The van der Waals surface area contributed by atoms with Crippen molar-refractivity contribution in [2.45, 2.75) is 0 Å². The predicted molar refractivity (Wildman–Crippen MR) is 112 cm³/mol. The van der Waals surface area contributed by atoms with Gasteiger partial charge in [-0.2, -0.15) is 0 Å². The minimum atomic E-state index is -0.0780. The summed E-state index contributed by atoms with van der Waals surface area (Å²) < 4.78 is 14.1. The van der Waals surface area contributed by atoms with Gasteiger partial charge in [0.2, 0.25) is 0 Å². The van der Waals surface area contributed by atoms with Crippen LogP contribution in [0.1, 0.15) is 5.56 Å². The fourth-order valence-electron chi connectivity index (χ4n) is 2.87. The zero-order valence-electron chi connectivity index (χ0n) is 14.4. The molecule has 0 atom stereocenters. The molecule has 0 saturated heterocycles. The summed E-state index contributed by atoms with van der Waals surface area (Å²) in [6.07, 6.45) is 3.50. The third-order valence-corrected chi connectivity index (χ3v) is 5.60. The molecule has 0 amide bonds. The second-order valence-corrected chi connectivity index (χ2v) is 7.63. The van der Waals surface area contributed by atoms with Crippen molar-refractivity contribution >= 4 is 49.3 Å². The molecule has 136 valence electrons. The Morgan fingerprint density at radius 1 is 1.33 bits per heavy atom. The molecule has 27 heavy (non-hydrogen) atoms. The molecule has 0 bridgehead atoms. The van der Waals surface area contributed by atoms with Gasteiger partial charge in [-0.15, -0.1) is 0 Å². The van der Waals surface area contributed by atoms with Crippen LogP contribution in [0.15, 0.2) is 58.3 Å². The van der Waals surface area contributed by atoms with Gasteiger partial charge in [0.15, 0.2) is 16.5 Å². The van der Waals surface area contributed by atoms with E-state index in [0.717, 1.165) is 21.1 Å². The van der Waals surface area contributed by atoms with Crippen LogP contribution in [0.3, 0.4) is 0 Å². The quantitative estimate of drug-likeness (QED) is 0.441. The number of fused-ring (bicyclic) bond motifs is 3. The van der Waals surface area contributed by atoms with Crippen molar-refractivity contribution < 1.29 is 9.47 Å². The highest BCUT2D eigenvalue weighted by Crippen LogP contribution is 2.36. The molecule has 0 unspecified atom stereocenters. The van der Waals surface area contributed by atoms with Crippen LogP contribution in [-0.4, -0.2) is 23.1 Å². The Kier molecular flexibility index (Phi) is 4.72. The van der Waals surface area contributed by atoms with Gasteiger partial charge in [-0.05, 0) is 51.8 Å². The Morgan fingerprint density at radius 2 is 2.15 bits per heavy atom. The molecule has 0 aliphatic rings. The van der Waals surface area contributed by atoms with E-state index in [1.165, 1.54) is 11.3 Å². The highest BCUT2D eigenvalue weighted by atomic mass is 79.9. The number of rotatable bonds is 5. The number of para-hydroxylation sites is 2. The lowest BCUT2D eigenvalue weighted by atomic mass is 10.2. The third kappa shape index (κ3) is 3.13. The molecule has 0 radical (unpaired) electrons. The number of hydrogen-bond donors (Lipinski definition) is 0. The van der Waals surface area contributed by atoms with Gasteiger partial charge in [0, 0.05) is 0 Å². The summed E-state index contributed by atoms with van der Waals surface area (Å²) in [6, 6.07) is 11.3. The maximum Gasteiger partial charge on any atom is 0.274 e. The topological polar surface area (TPSA) is 52.8 Å². The monoisotopic (exact) mass is 442 g/mol. The Labute approximate surface area is 167 Å². The van der Waals surface area contributed by atoms with Crippen molar-refractivity contribution in [3.8, 4) is 11.5 Å². The maximum atomic E-state index is 12.9. The van der Waals surface area contributed by atoms with E-state index in [0.29, 0.717) is 27.6 Å². The van der Waals surface area contributed by atoms with Crippen LogP contribution in [0.5, 0.6) is 11.5 Å². The van der Waals surface area contributed by atoms with Crippen LogP contribution in [-0.2, 0) is 0 Å². The molecule has 0 N–H and O–H groups in total. The van der Waals surface area contributed by atoms with Crippen LogP contribution >= 0.6 is 27.3 Å². The van der Waals surface area contributed by atoms with Gasteiger partial charge < -0.3 is 9.47 Å². The molecule has 0 aliphatic carbocycles. The molecule has 4 aromatic rings. The smallest absolute Gasteiger partial charge is 0.274 e. The van der Waals surface area contributed by atoms with E-state index in [-0.39, 0.29) is 5.56 Å². The maximum absolute atomic E-state index is 12.9. The lowest BCUT2D eigenvalue weighted by Crippen LogP contribution is -2.22. The minimum absolute atomic E-state index is 0.0780. The first-order valence-corrected chi connectivity index (χ1v) is 9.76. The standard InChI is InChI=1S/C20H15BrN2O3S/c1-3-8-26-18-13(21)9-12(10-16(18)25-2)11-17-19(24)23-15-7-5-4-6-14(15)22-20(23)27-17/h3-7,9-11H,1,8H2,2H3/b17-11-. The van der Waals surface area contributed by atoms with E-state index in [1.807, 2.05) is 42.5 Å². The molecule has 0 spiro atoms. The van der Waals surface area contributed by atoms with Gasteiger partial charge in [-0.25, -0.2) is 9.38 Å². The first-order valence-electron chi connectivity index (χ1n) is 8.15. The molecule has 4 rings (SSSR count). The van der Waals surface area contributed by atoms with E-state index in [9.17, 15) is 4.79 Å². The largest absolute Gasteiger partial charge is 0.493 e. The summed E-state index contributed by atoms with van der Waals surface area (Å²) >= 11 is 4.87. The average Bonchev–Trinajstić information content (AvgIpc) is 3.17. The summed E-state index contributed by atoms with van der Waals surface area (Å²) in [5, 5.41) is 0. The van der Waals surface area contributed by atoms with Crippen LogP contribution in [0.25, 0.3) is 22.1 Å². The molecule has 2 heterocycles. The van der Waals surface area contributed by atoms with Crippen molar-refractivity contribution in [1.29, 1.82) is 0 Å². The first-order chi connectivity index (χ1) is 13.1. The molecule has 0 saturated carbocycles. The summed E-state index contributed by atoms with van der Waals surface area (Å²) in [4.78, 5) is 18.1. The summed E-state index contributed by atoms with van der Waals surface area (Å²) in [7, 11) is 1.58. The highest BCUT2D eigenvalue weighted by Gasteiger charge is 2.13. The minimum Gasteiger partial charge on any atom is -0.493 e. The van der Waals surface area contributed by atoms with Gasteiger partial charge in [-0.1, -0.05) is 36.1 Å². The van der Waals surface area contributed by atoms with E-state index >= 15 is 0 Å². The van der Waals surface area contributed by atoms with E-state index < -0.39 is 0 Å². The molecular formula is C20H15BrN2O3S. The Morgan fingerprint density at radius 3 is 2.93 bits per heavy atom. The lowest BCUT2D eigenvalue weighted by molar-refractivity contribution is 0.324. The number of ether oxygens (including phenoxy) is 2. The van der Waals surface area contributed by atoms with E-state index in [1.54, 1.807) is 17.6 Å². The fraction of sp³-hybridized carbons (Fsp3) is 0.100. The molecule has 0 aliphatic heterocycles. The second kappa shape index (κ2) is 7.17. The Balaban J connectivity index is 1.86. The van der Waals surface area contributed by atoms with Gasteiger partial charge in [0.25, 0.3) is 5.56 Å². The van der Waals surface area contributed by atoms with Gasteiger partial charge in [0.1, 0.15) is 6.61 Å². The number of thiazole rings is 1. The number of halogens is 1.